The first-order valence-corrected chi connectivity index (χ1v) is 7.15. The van der Waals surface area contributed by atoms with E-state index in [0.29, 0.717) is 24.2 Å². The van der Waals surface area contributed by atoms with Gasteiger partial charge in [0.05, 0.1) is 6.61 Å². The van der Waals surface area contributed by atoms with E-state index in [1.807, 2.05) is 0 Å². The molecule has 0 spiro atoms. The summed E-state index contributed by atoms with van der Waals surface area (Å²) >= 11 is 0. The van der Waals surface area contributed by atoms with Crippen molar-refractivity contribution in [1.29, 1.82) is 0 Å². The highest BCUT2D eigenvalue weighted by atomic mass is 16.5. The van der Waals surface area contributed by atoms with Crippen LogP contribution in [0.5, 0.6) is 0 Å². The second kappa shape index (κ2) is 7.15. The quantitative estimate of drug-likeness (QED) is 0.676. The smallest absolute Gasteiger partial charge is 0.162 e. The molecule has 1 aliphatic carbocycles. The maximum Gasteiger partial charge on any atom is 0.162 e. The second-order valence-corrected chi connectivity index (χ2v) is 6.21. The van der Waals surface area contributed by atoms with Gasteiger partial charge in [-0.1, -0.05) is 40.5 Å². The van der Waals surface area contributed by atoms with Crippen molar-refractivity contribution in [2.75, 3.05) is 6.61 Å². The molecule has 0 N–H and O–H groups in total. The van der Waals surface area contributed by atoms with Gasteiger partial charge in [0.25, 0.3) is 0 Å². The van der Waals surface area contributed by atoms with Gasteiger partial charge in [0.15, 0.2) is 5.78 Å². The van der Waals surface area contributed by atoms with Crippen molar-refractivity contribution in [2.24, 2.45) is 17.8 Å². The molecule has 1 aliphatic rings. The molecule has 100 valence electrons. The van der Waals surface area contributed by atoms with E-state index < -0.39 is 0 Å². The molecule has 0 radical (unpaired) electrons. The van der Waals surface area contributed by atoms with Crippen LogP contribution in [-0.4, -0.2) is 18.5 Å². The van der Waals surface area contributed by atoms with Gasteiger partial charge in [-0.15, -0.1) is 0 Å². The van der Waals surface area contributed by atoms with Gasteiger partial charge in [0, 0.05) is 6.42 Å². The molecule has 1 rings (SSSR count). The molecule has 2 heteroatoms. The van der Waals surface area contributed by atoms with Gasteiger partial charge in [-0.3, -0.25) is 4.79 Å². The van der Waals surface area contributed by atoms with Crippen LogP contribution >= 0.6 is 0 Å². The highest BCUT2D eigenvalue weighted by molar-refractivity contribution is 5.83. The lowest BCUT2D eigenvalue weighted by Crippen LogP contribution is -2.32. The van der Waals surface area contributed by atoms with E-state index >= 15 is 0 Å². The van der Waals surface area contributed by atoms with E-state index in [4.69, 9.17) is 4.74 Å². The number of hydrogen-bond donors (Lipinski definition) is 0. The van der Waals surface area contributed by atoms with Gasteiger partial charge in [0.1, 0.15) is 6.10 Å². The minimum absolute atomic E-state index is 0.182. The van der Waals surface area contributed by atoms with Gasteiger partial charge < -0.3 is 4.74 Å². The minimum atomic E-state index is -0.182. The Morgan fingerprint density at radius 2 is 1.76 bits per heavy atom. The first kappa shape index (κ1) is 14.7. The summed E-state index contributed by atoms with van der Waals surface area (Å²) in [6, 6.07) is 0. The van der Waals surface area contributed by atoms with E-state index in [1.165, 1.54) is 25.7 Å². The van der Waals surface area contributed by atoms with Crippen molar-refractivity contribution >= 4 is 5.78 Å². The normalized spacial score (nSPS) is 19.2. The summed E-state index contributed by atoms with van der Waals surface area (Å²) < 4.78 is 5.90. The number of Topliss-reactive ketones (excluding diaryl/α,β-unsaturated/α-hetero) is 1. The molecule has 17 heavy (non-hydrogen) atoms. The molecule has 1 atom stereocenters. The summed E-state index contributed by atoms with van der Waals surface area (Å²) in [7, 11) is 0. The Morgan fingerprint density at radius 3 is 2.24 bits per heavy atom. The number of hydrogen-bond acceptors (Lipinski definition) is 2. The summed E-state index contributed by atoms with van der Waals surface area (Å²) in [5.41, 5.74) is 0. The van der Waals surface area contributed by atoms with Crippen molar-refractivity contribution < 1.29 is 9.53 Å². The molecular formula is C15H28O2. The minimum Gasteiger partial charge on any atom is -0.370 e. The van der Waals surface area contributed by atoms with Gasteiger partial charge in [-0.05, 0) is 30.6 Å². The van der Waals surface area contributed by atoms with Crippen molar-refractivity contribution in [1.82, 2.24) is 0 Å². The van der Waals surface area contributed by atoms with Crippen LogP contribution in [0.15, 0.2) is 0 Å². The zero-order valence-corrected chi connectivity index (χ0v) is 11.9. The van der Waals surface area contributed by atoms with Crippen molar-refractivity contribution in [3.05, 3.63) is 0 Å². The van der Waals surface area contributed by atoms with E-state index in [1.54, 1.807) is 0 Å². The van der Waals surface area contributed by atoms with Crippen LogP contribution in [0.4, 0.5) is 0 Å². The Bertz CT molecular complexity index is 227. The monoisotopic (exact) mass is 240 g/mol. The van der Waals surface area contributed by atoms with Crippen molar-refractivity contribution in [3.63, 3.8) is 0 Å². The molecule has 1 saturated carbocycles. The highest BCUT2D eigenvalue weighted by Gasteiger charge is 2.25. The second-order valence-electron chi connectivity index (χ2n) is 6.21. The molecule has 0 aromatic heterocycles. The third-order valence-corrected chi connectivity index (χ3v) is 3.52. The topological polar surface area (TPSA) is 26.3 Å². The average Bonchev–Trinajstić information content (AvgIpc) is 2.68. The maximum absolute atomic E-state index is 12.1. The summed E-state index contributed by atoms with van der Waals surface area (Å²) in [6.07, 6.45) is 5.69. The maximum atomic E-state index is 12.1. The molecule has 0 heterocycles. The Morgan fingerprint density at radius 1 is 1.18 bits per heavy atom. The number of carbonyl (C=O) groups excluding carboxylic acids is 1. The van der Waals surface area contributed by atoms with E-state index in [-0.39, 0.29) is 11.9 Å². The lowest BCUT2D eigenvalue weighted by molar-refractivity contribution is -0.135. The summed E-state index contributed by atoms with van der Waals surface area (Å²) in [4.78, 5) is 12.1. The molecule has 0 amide bonds. The standard InChI is InChI=1S/C15H28O2/c1-11(2)9-14(16)15(12(3)4)17-10-13-7-5-6-8-13/h11-13,15H,5-10H2,1-4H3. The van der Waals surface area contributed by atoms with Crippen LogP contribution in [0.1, 0.15) is 59.8 Å². The van der Waals surface area contributed by atoms with Crippen molar-refractivity contribution in [3.8, 4) is 0 Å². The molecule has 0 aliphatic heterocycles. The fraction of sp³-hybridized carbons (Fsp3) is 0.933. The van der Waals surface area contributed by atoms with Gasteiger partial charge in [-0.2, -0.15) is 0 Å². The molecule has 0 saturated heterocycles. The lowest BCUT2D eigenvalue weighted by atomic mass is 9.96. The van der Waals surface area contributed by atoms with Gasteiger partial charge in [-0.25, -0.2) is 0 Å². The Hall–Kier alpha value is -0.370. The van der Waals surface area contributed by atoms with Crippen molar-refractivity contribution in [2.45, 2.75) is 65.9 Å². The average molecular weight is 240 g/mol. The first-order valence-electron chi connectivity index (χ1n) is 7.15. The zero-order valence-electron chi connectivity index (χ0n) is 11.9. The first-order chi connectivity index (χ1) is 8.00. The predicted molar refractivity (Wildman–Crippen MR) is 71.0 cm³/mol. The Kier molecular flexibility index (Phi) is 6.18. The van der Waals surface area contributed by atoms with Crippen LogP contribution in [0.2, 0.25) is 0 Å². The van der Waals surface area contributed by atoms with Crippen LogP contribution in [0.25, 0.3) is 0 Å². The number of ether oxygens (including phenoxy) is 1. The van der Waals surface area contributed by atoms with Crippen LogP contribution < -0.4 is 0 Å². The highest BCUT2D eigenvalue weighted by Crippen LogP contribution is 2.26. The van der Waals surface area contributed by atoms with Gasteiger partial charge >= 0.3 is 0 Å². The fourth-order valence-electron chi connectivity index (χ4n) is 2.59. The Labute approximate surface area is 106 Å². The third-order valence-electron chi connectivity index (χ3n) is 3.52. The Balaban J connectivity index is 2.39. The largest absolute Gasteiger partial charge is 0.370 e. The molecule has 0 bridgehead atoms. The molecule has 1 fully saturated rings. The molecule has 0 aromatic carbocycles. The third kappa shape index (κ3) is 5.20. The zero-order chi connectivity index (χ0) is 12.8. The SMILES string of the molecule is CC(C)CC(=O)C(OCC1CCCC1)C(C)C. The summed E-state index contributed by atoms with van der Waals surface area (Å²) in [5.74, 6) is 1.71. The molecule has 2 nitrogen and oxygen atoms in total. The molecule has 0 aromatic rings. The summed E-state index contributed by atoms with van der Waals surface area (Å²) in [5, 5.41) is 0. The lowest BCUT2D eigenvalue weighted by Gasteiger charge is -2.23. The molecular weight excluding hydrogens is 212 g/mol. The molecule has 1 unspecified atom stereocenters. The number of rotatable bonds is 7. The van der Waals surface area contributed by atoms with Crippen LogP contribution in [0, 0.1) is 17.8 Å². The van der Waals surface area contributed by atoms with E-state index in [2.05, 4.69) is 27.7 Å². The predicted octanol–water partition coefficient (Wildman–Crippen LogP) is 3.83. The van der Waals surface area contributed by atoms with Crippen LogP contribution in [0.3, 0.4) is 0 Å². The summed E-state index contributed by atoms with van der Waals surface area (Å²) in [6.45, 7) is 9.13. The number of carbonyl (C=O) groups is 1. The number of ketones is 1. The van der Waals surface area contributed by atoms with Crippen LogP contribution in [-0.2, 0) is 9.53 Å². The fourth-order valence-corrected chi connectivity index (χ4v) is 2.59. The van der Waals surface area contributed by atoms with Gasteiger partial charge in [0.2, 0.25) is 0 Å². The van der Waals surface area contributed by atoms with E-state index in [0.717, 1.165) is 6.61 Å². The van der Waals surface area contributed by atoms with E-state index in [9.17, 15) is 4.79 Å².